The van der Waals surface area contributed by atoms with Crippen molar-refractivity contribution in [3.63, 3.8) is 0 Å². The Bertz CT molecular complexity index is 780. The van der Waals surface area contributed by atoms with Gasteiger partial charge in [-0.25, -0.2) is 4.98 Å². The van der Waals surface area contributed by atoms with Gasteiger partial charge in [0, 0.05) is 18.3 Å². The largest absolute Gasteiger partial charge is 0.504 e. The molecule has 5 heteroatoms. The topological polar surface area (TPSA) is 60.2 Å². The molecule has 1 aromatic carbocycles. The summed E-state index contributed by atoms with van der Waals surface area (Å²) in [7, 11) is 1.53. The van der Waals surface area contributed by atoms with Gasteiger partial charge in [0.1, 0.15) is 11.3 Å². The number of methoxy groups -OCH3 is 1. The second-order valence-electron chi connectivity index (χ2n) is 4.84. The van der Waals surface area contributed by atoms with Crippen LogP contribution in [-0.2, 0) is 6.54 Å². The Labute approximate surface area is 122 Å². The summed E-state index contributed by atoms with van der Waals surface area (Å²) in [5, 5.41) is 9.97. The summed E-state index contributed by atoms with van der Waals surface area (Å²) in [5.41, 5.74) is 2.77. The first kappa shape index (κ1) is 13.4. The summed E-state index contributed by atoms with van der Waals surface area (Å²) in [6.07, 6.45) is 4.53. The van der Waals surface area contributed by atoms with E-state index in [0.717, 1.165) is 35.4 Å². The molecule has 0 bridgehead atoms. The second-order valence-corrected chi connectivity index (χ2v) is 4.84. The number of ether oxygens (including phenoxy) is 1. The summed E-state index contributed by atoms with van der Waals surface area (Å²) < 4.78 is 7.24. The standard InChI is InChI=1S/C16H17N3O2/c1-3-8-19-13-6-7-17-10-12(13)18-16(19)11-4-5-15(21-2)14(20)9-11/h4-7,9-10,20H,3,8H2,1-2H3. The molecule has 0 unspecified atom stereocenters. The zero-order chi connectivity index (χ0) is 14.8. The van der Waals surface area contributed by atoms with Crippen molar-refractivity contribution in [2.75, 3.05) is 7.11 Å². The highest BCUT2D eigenvalue weighted by molar-refractivity contribution is 5.80. The first-order valence-corrected chi connectivity index (χ1v) is 6.92. The number of phenols is 1. The van der Waals surface area contributed by atoms with E-state index in [1.807, 2.05) is 12.1 Å². The predicted octanol–water partition coefficient (Wildman–Crippen LogP) is 3.22. The molecule has 21 heavy (non-hydrogen) atoms. The van der Waals surface area contributed by atoms with Gasteiger partial charge in [-0.1, -0.05) is 6.92 Å². The molecule has 3 aromatic rings. The van der Waals surface area contributed by atoms with Crippen molar-refractivity contribution in [3.8, 4) is 22.9 Å². The summed E-state index contributed by atoms with van der Waals surface area (Å²) in [5.74, 6) is 1.40. The van der Waals surface area contributed by atoms with Gasteiger partial charge in [0.2, 0.25) is 0 Å². The Morgan fingerprint density at radius 2 is 2.14 bits per heavy atom. The fraction of sp³-hybridized carbons (Fsp3) is 0.250. The number of aryl methyl sites for hydroxylation is 1. The average Bonchev–Trinajstić information content (AvgIpc) is 2.87. The molecule has 3 rings (SSSR count). The van der Waals surface area contributed by atoms with E-state index in [4.69, 9.17) is 4.74 Å². The number of imidazole rings is 1. The summed E-state index contributed by atoms with van der Waals surface area (Å²) in [6.45, 7) is 2.99. The maximum absolute atomic E-state index is 9.97. The molecule has 108 valence electrons. The molecule has 0 aliphatic heterocycles. The third-order valence-corrected chi connectivity index (χ3v) is 3.43. The number of nitrogens with zero attached hydrogens (tertiary/aromatic N) is 3. The van der Waals surface area contributed by atoms with E-state index in [1.165, 1.54) is 7.11 Å². The van der Waals surface area contributed by atoms with Crippen molar-refractivity contribution in [3.05, 3.63) is 36.7 Å². The number of fused-ring (bicyclic) bond motifs is 1. The number of hydrogen-bond donors (Lipinski definition) is 1. The number of benzene rings is 1. The minimum absolute atomic E-state index is 0.114. The Morgan fingerprint density at radius 1 is 1.29 bits per heavy atom. The molecule has 2 heterocycles. The number of pyridine rings is 1. The molecular formula is C16H17N3O2. The Morgan fingerprint density at radius 3 is 2.86 bits per heavy atom. The maximum Gasteiger partial charge on any atom is 0.160 e. The molecule has 0 aliphatic rings. The summed E-state index contributed by atoms with van der Waals surface area (Å²) >= 11 is 0. The molecule has 0 saturated carbocycles. The van der Waals surface area contributed by atoms with Crippen LogP contribution in [0.15, 0.2) is 36.7 Å². The molecule has 0 radical (unpaired) electrons. The first-order valence-electron chi connectivity index (χ1n) is 6.92. The van der Waals surface area contributed by atoms with Gasteiger partial charge in [0.15, 0.2) is 11.5 Å². The molecule has 0 amide bonds. The molecular weight excluding hydrogens is 266 g/mol. The van der Waals surface area contributed by atoms with Crippen molar-refractivity contribution in [2.24, 2.45) is 0 Å². The Kier molecular flexibility index (Phi) is 3.48. The average molecular weight is 283 g/mol. The number of phenolic OH excluding ortho intramolecular Hbond substituents is 1. The van der Waals surface area contributed by atoms with Crippen molar-refractivity contribution in [1.29, 1.82) is 0 Å². The minimum Gasteiger partial charge on any atom is -0.504 e. The molecule has 1 N–H and O–H groups in total. The van der Waals surface area contributed by atoms with Crippen molar-refractivity contribution in [1.82, 2.24) is 14.5 Å². The van der Waals surface area contributed by atoms with Crippen molar-refractivity contribution < 1.29 is 9.84 Å². The van der Waals surface area contributed by atoms with Gasteiger partial charge in [-0.3, -0.25) is 4.98 Å². The molecule has 0 fully saturated rings. The van der Waals surface area contributed by atoms with E-state index in [1.54, 1.807) is 24.5 Å². The molecule has 0 saturated heterocycles. The van der Waals surface area contributed by atoms with Crippen LogP contribution in [0.25, 0.3) is 22.4 Å². The fourth-order valence-electron chi connectivity index (χ4n) is 2.48. The van der Waals surface area contributed by atoms with E-state index in [2.05, 4.69) is 21.5 Å². The lowest BCUT2D eigenvalue weighted by molar-refractivity contribution is 0.373. The van der Waals surface area contributed by atoms with Crippen LogP contribution in [0, 0.1) is 0 Å². The Hall–Kier alpha value is -2.56. The molecule has 5 nitrogen and oxygen atoms in total. The Balaban J connectivity index is 2.19. The van der Waals surface area contributed by atoms with Crippen LogP contribution in [-0.4, -0.2) is 26.8 Å². The zero-order valence-corrected chi connectivity index (χ0v) is 12.1. The monoisotopic (exact) mass is 283 g/mol. The van der Waals surface area contributed by atoms with E-state index in [0.29, 0.717) is 5.75 Å². The van der Waals surface area contributed by atoms with E-state index in [9.17, 15) is 5.11 Å². The number of aromatic hydroxyl groups is 1. The second kappa shape index (κ2) is 5.44. The van der Waals surface area contributed by atoms with Gasteiger partial charge in [0.25, 0.3) is 0 Å². The number of hydrogen-bond acceptors (Lipinski definition) is 4. The third-order valence-electron chi connectivity index (χ3n) is 3.43. The van der Waals surface area contributed by atoms with E-state index < -0.39 is 0 Å². The van der Waals surface area contributed by atoms with Gasteiger partial charge in [-0.15, -0.1) is 0 Å². The van der Waals surface area contributed by atoms with Gasteiger partial charge >= 0.3 is 0 Å². The van der Waals surface area contributed by atoms with Crippen molar-refractivity contribution >= 4 is 11.0 Å². The highest BCUT2D eigenvalue weighted by Gasteiger charge is 2.13. The minimum atomic E-state index is 0.114. The SMILES string of the molecule is CCCn1c(-c2ccc(OC)c(O)c2)nc2cnccc21. The van der Waals surface area contributed by atoms with Crippen LogP contribution >= 0.6 is 0 Å². The van der Waals surface area contributed by atoms with Gasteiger partial charge in [-0.2, -0.15) is 0 Å². The molecule has 0 atom stereocenters. The third kappa shape index (κ3) is 2.31. The van der Waals surface area contributed by atoms with Crippen LogP contribution < -0.4 is 4.74 Å². The van der Waals surface area contributed by atoms with E-state index in [-0.39, 0.29) is 5.75 Å². The van der Waals surface area contributed by atoms with Crippen LogP contribution in [0.2, 0.25) is 0 Å². The number of rotatable bonds is 4. The quantitative estimate of drug-likeness (QED) is 0.798. The molecule has 0 aliphatic carbocycles. The van der Waals surface area contributed by atoms with Crippen LogP contribution in [0.1, 0.15) is 13.3 Å². The van der Waals surface area contributed by atoms with E-state index >= 15 is 0 Å². The zero-order valence-electron chi connectivity index (χ0n) is 12.1. The molecule has 2 aromatic heterocycles. The van der Waals surface area contributed by atoms with Gasteiger partial charge < -0.3 is 14.4 Å². The summed E-state index contributed by atoms with van der Waals surface area (Å²) in [4.78, 5) is 8.77. The van der Waals surface area contributed by atoms with Gasteiger partial charge in [-0.05, 0) is 30.7 Å². The maximum atomic E-state index is 9.97. The highest BCUT2D eigenvalue weighted by Crippen LogP contribution is 2.32. The van der Waals surface area contributed by atoms with Crippen molar-refractivity contribution in [2.45, 2.75) is 19.9 Å². The van der Waals surface area contributed by atoms with Crippen LogP contribution in [0.3, 0.4) is 0 Å². The smallest absolute Gasteiger partial charge is 0.160 e. The van der Waals surface area contributed by atoms with Crippen LogP contribution in [0.4, 0.5) is 0 Å². The molecule has 0 spiro atoms. The predicted molar refractivity (Wildman–Crippen MR) is 81.5 cm³/mol. The highest BCUT2D eigenvalue weighted by atomic mass is 16.5. The van der Waals surface area contributed by atoms with Crippen LogP contribution in [0.5, 0.6) is 11.5 Å². The normalized spacial score (nSPS) is 11.0. The first-order chi connectivity index (χ1) is 10.2. The lowest BCUT2D eigenvalue weighted by Gasteiger charge is -2.09. The lowest BCUT2D eigenvalue weighted by Crippen LogP contribution is -1.99. The van der Waals surface area contributed by atoms with Gasteiger partial charge in [0.05, 0.1) is 18.8 Å². The lowest BCUT2D eigenvalue weighted by atomic mass is 10.2. The fourth-order valence-corrected chi connectivity index (χ4v) is 2.48. The summed E-state index contributed by atoms with van der Waals surface area (Å²) in [6, 6.07) is 7.29. The number of aromatic nitrogens is 3.